The highest BCUT2D eigenvalue weighted by Crippen LogP contribution is 1.91. The van der Waals surface area contributed by atoms with Crippen LogP contribution in [0.1, 0.15) is 6.42 Å². The van der Waals surface area contributed by atoms with Crippen molar-refractivity contribution in [2.75, 3.05) is 6.61 Å². The number of hydrogen-bond donors (Lipinski definition) is 1. The Hall–Kier alpha value is -0.620. The summed E-state index contributed by atoms with van der Waals surface area (Å²) in [6.07, 6.45) is -1.57. The summed E-state index contributed by atoms with van der Waals surface area (Å²) < 4.78 is 11.7. The van der Waals surface area contributed by atoms with Crippen molar-refractivity contribution >= 4 is 0 Å². The molecule has 0 fully saturated rings. The quantitative estimate of drug-likeness (QED) is 0.543. The first-order valence-corrected chi connectivity index (χ1v) is 1.93. The molecule has 0 aliphatic rings. The van der Waals surface area contributed by atoms with E-state index < -0.39 is 12.8 Å². The molecule has 0 rings (SSSR count). The maximum Gasteiger partial charge on any atom is 0.136 e. The van der Waals surface area contributed by atoms with E-state index in [0.717, 1.165) is 0 Å². The normalized spacial score (nSPS) is 12.7. The third kappa shape index (κ3) is 3.20. The first-order chi connectivity index (χ1) is 3.31. The Bertz CT molecular complexity index is 78.2. The lowest BCUT2D eigenvalue weighted by Crippen LogP contribution is -2.03. The number of nitrogens with zero attached hydrogens (tertiary/aromatic N) is 1. The fourth-order valence-electron chi connectivity index (χ4n) is 0.164. The van der Waals surface area contributed by atoms with Crippen molar-refractivity contribution in [3.05, 3.63) is 0 Å². The number of nitriles is 1. The summed E-state index contributed by atoms with van der Waals surface area (Å²) in [7, 11) is 0. The Kier molecular flexibility index (Phi) is 3.25. The highest BCUT2D eigenvalue weighted by molar-refractivity contribution is 4.74. The Morgan fingerprint density at radius 3 is 2.57 bits per heavy atom. The summed E-state index contributed by atoms with van der Waals surface area (Å²) >= 11 is 0. The van der Waals surface area contributed by atoms with E-state index in [0.29, 0.717) is 0 Å². The number of hydrogen-bond acceptors (Lipinski definition) is 2. The Morgan fingerprint density at radius 2 is 2.43 bits per heavy atom. The van der Waals surface area contributed by atoms with E-state index in [2.05, 4.69) is 0 Å². The Morgan fingerprint density at radius 1 is 1.86 bits per heavy atom. The van der Waals surface area contributed by atoms with E-state index >= 15 is 0 Å². The van der Waals surface area contributed by atoms with Crippen molar-refractivity contribution in [3.63, 3.8) is 0 Å². The summed E-state index contributed by atoms with van der Waals surface area (Å²) in [5.41, 5.74) is 0. The van der Waals surface area contributed by atoms with Crippen LogP contribution in [0.3, 0.4) is 0 Å². The van der Waals surface area contributed by atoms with E-state index in [-0.39, 0.29) is 6.42 Å². The van der Waals surface area contributed by atoms with Gasteiger partial charge in [-0.25, -0.2) is 4.39 Å². The average molecular weight is 103 g/mol. The zero-order valence-corrected chi connectivity index (χ0v) is 3.76. The molecule has 2 nitrogen and oxygen atoms in total. The second-order valence-corrected chi connectivity index (χ2v) is 1.14. The molecule has 3 heteroatoms. The molecule has 0 heterocycles. The van der Waals surface area contributed by atoms with E-state index in [1.807, 2.05) is 0 Å². The molecular formula is C4H6FNO. The molecule has 40 valence electrons. The van der Waals surface area contributed by atoms with Crippen LogP contribution in [0.5, 0.6) is 0 Å². The second-order valence-electron chi connectivity index (χ2n) is 1.14. The predicted octanol–water partition coefficient (Wildman–Crippen LogP) is 0.230. The molecular weight excluding hydrogens is 97.0 g/mol. The summed E-state index contributed by atoms with van der Waals surface area (Å²) in [5, 5.41) is 15.7. The maximum atomic E-state index is 11.7. The van der Waals surface area contributed by atoms with Crippen molar-refractivity contribution in [3.8, 4) is 6.07 Å². The predicted molar refractivity (Wildman–Crippen MR) is 22.2 cm³/mol. The largest absolute Gasteiger partial charge is 0.393 e. The number of aliphatic hydroxyl groups is 1. The van der Waals surface area contributed by atoms with Crippen LogP contribution >= 0.6 is 0 Å². The van der Waals surface area contributed by atoms with Crippen LogP contribution in [0.15, 0.2) is 0 Å². The fourth-order valence-corrected chi connectivity index (χ4v) is 0.164. The Labute approximate surface area is 41.2 Å². The van der Waals surface area contributed by atoms with Crippen LogP contribution in [-0.4, -0.2) is 17.9 Å². The van der Waals surface area contributed by atoms with Crippen molar-refractivity contribution < 1.29 is 9.50 Å². The van der Waals surface area contributed by atoms with Gasteiger partial charge < -0.3 is 5.11 Å². The highest BCUT2D eigenvalue weighted by atomic mass is 19.1. The van der Waals surface area contributed by atoms with Gasteiger partial charge in [0.25, 0.3) is 0 Å². The first-order valence-electron chi connectivity index (χ1n) is 1.93. The van der Waals surface area contributed by atoms with Gasteiger partial charge in [-0.3, -0.25) is 0 Å². The fraction of sp³-hybridized carbons (Fsp3) is 0.750. The molecule has 0 aromatic carbocycles. The molecule has 0 radical (unpaired) electrons. The molecule has 1 unspecified atom stereocenters. The lowest BCUT2D eigenvalue weighted by Gasteiger charge is -1.91. The first kappa shape index (κ1) is 6.38. The van der Waals surface area contributed by atoms with Gasteiger partial charge in [-0.2, -0.15) is 5.26 Å². The van der Waals surface area contributed by atoms with Crippen molar-refractivity contribution in [2.24, 2.45) is 0 Å². The summed E-state index contributed by atoms with van der Waals surface area (Å²) in [6.45, 7) is -0.548. The topological polar surface area (TPSA) is 44.0 Å². The lowest BCUT2D eigenvalue weighted by molar-refractivity contribution is 0.181. The highest BCUT2D eigenvalue weighted by Gasteiger charge is 1.99. The molecule has 0 aliphatic carbocycles. The van der Waals surface area contributed by atoms with Crippen LogP contribution < -0.4 is 0 Å². The van der Waals surface area contributed by atoms with Gasteiger partial charge >= 0.3 is 0 Å². The van der Waals surface area contributed by atoms with Crippen molar-refractivity contribution in [1.29, 1.82) is 5.26 Å². The summed E-state index contributed by atoms with van der Waals surface area (Å²) in [4.78, 5) is 0. The smallest absolute Gasteiger partial charge is 0.136 e. The minimum Gasteiger partial charge on any atom is -0.393 e. The molecule has 0 spiro atoms. The third-order valence-corrected chi connectivity index (χ3v) is 0.511. The molecule has 7 heavy (non-hydrogen) atoms. The molecule has 0 aromatic heterocycles. The summed E-state index contributed by atoms with van der Waals surface area (Å²) in [5.74, 6) is 0. The van der Waals surface area contributed by atoms with Gasteiger partial charge in [-0.1, -0.05) is 0 Å². The molecule has 1 N–H and O–H groups in total. The van der Waals surface area contributed by atoms with Gasteiger partial charge in [-0.05, 0) is 0 Å². The lowest BCUT2D eigenvalue weighted by atomic mass is 10.3. The number of rotatable bonds is 2. The molecule has 0 aromatic rings. The zero-order valence-electron chi connectivity index (χ0n) is 3.76. The third-order valence-electron chi connectivity index (χ3n) is 0.511. The molecule has 0 saturated heterocycles. The van der Waals surface area contributed by atoms with Crippen LogP contribution in [0.4, 0.5) is 4.39 Å². The van der Waals surface area contributed by atoms with Crippen LogP contribution in [-0.2, 0) is 0 Å². The van der Waals surface area contributed by atoms with Gasteiger partial charge in [0.05, 0.1) is 19.1 Å². The van der Waals surface area contributed by atoms with Crippen molar-refractivity contribution in [2.45, 2.75) is 12.6 Å². The van der Waals surface area contributed by atoms with Crippen LogP contribution in [0, 0.1) is 11.3 Å². The number of halogens is 1. The van der Waals surface area contributed by atoms with Gasteiger partial charge in [0.15, 0.2) is 0 Å². The molecule has 0 bridgehead atoms. The van der Waals surface area contributed by atoms with Gasteiger partial charge in [0, 0.05) is 0 Å². The van der Waals surface area contributed by atoms with E-state index in [1.54, 1.807) is 6.07 Å². The van der Waals surface area contributed by atoms with Crippen LogP contribution in [0.25, 0.3) is 0 Å². The minimum atomic E-state index is -1.36. The molecule has 0 saturated carbocycles. The van der Waals surface area contributed by atoms with Crippen LogP contribution in [0.2, 0.25) is 0 Å². The maximum absolute atomic E-state index is 11.7. The van der Waals surface area contributed by atoms with E-state index in [4.69, 9.17) is 10.4 Å². The minimum absolute atomic E-state index is 0.212. The van der Waals surface area contributed by atoms with Gasteiger partial charge in [0.1, 0.15) is 6.17 Å². The van der Waals surface area contributed by atoms with Crippen molar-refractivity contribution in [1.82, 2.24) is 0 Å². The second kappa shape index (κ2) is 3.57. The molecule has 0 amide bonds. The van der Waals surface area contributed by atoms with Gasteiger partial charge in [0.2, 0.25) is 0 Å². The van der Waals surface area contributed by atoms with Gasteiger partial charge in [-0.15, -0.1) is 0 Å². The zero-order chi connectivity index (χ0) is 5.70. The SMILES string of the molecule is N#CCC(F)CO. The molecule has 0 aliphatic heterocycles. The van der Waals surface area contributed by atoms with E-state index in [9.17, 15) is 4.39 Å². The number of alkyl halides is 1. The average Bonchev–Trinajstić information content (AvgIpc) is 1.68. The molecule has 1 atom stereocenters. The van der Waals surface area contributed by atoms with E-state index in [1.165, 1.54) is 0 Å². The Balaban J connectivity index is 3.03. The monoisotopic (exact) mass is 103 g/mol. The summed E-state index contributed by atoms with van der Waals surface area (Å²) in [6, 6.07) is 1.58. The standard InChI is InChI=1S/C4H6FNO/c5-4(3-7)1-2-6/h4,7H,1,3H2. The number of aliphatic hydroxyl groups excluding tert-OH is 1.